The van der Waals surface area contributed by atoms with Crippen LogP contribution in [-0.4, -0.2) is 9.13 Å². The Kier molecular flexibility index (Phi) is 6.47. The van der Waals surface area contributed by atoms with E-state index in [1.807, 2.05) is 0 Å². The normalized spacial score (nSPS) is 12.1. The molecule has 0 aliphatic rings. The highest BCUT2D eigenvalue weighted by Crippen LogP contribution is 2.44. The van der Waals surface area contributed by atoms with Crippen molar-refractivity contribution in [2.24, 2.45) is 0 Å². The number of rotatable bonds is 3. The maximum atomic E-state index is 2.47. The van der Waals surface area contributed by atoms with Crippen molar-refractivity contribution in [3.05, 3.63) is 206 Å². The van der Waals surface area contributed by atoms with Gasteiger partial charge < -0.3 is 9.13 Å². The molecule has 268 valence electrons. The number of nitrogens with zero attached hydrogens (tertiary/aromatic N) is 2. The molecule has 0 saturated heterocycles. The van der Waals surface area contributed by atoms with Crippen molar-refractivity contribution in [3.8, 4) is 22.5 Å². The number of fused-ring (bicyclic) bond motifs is 15. The molecule has 0 bridgehead atoms. The molecule has 0 aliphatic heterocycles. The Morgan fingerprint density at radius 1 is 0.224 bits per heavy atom. The molecular weight excluding hydrogens is 701 g/mol. The third-order valence-electron chi connectivity index (χ3n) is 12.6. The molecule has 0 unspecified atom stereocenters. The van der Waals surface area contributed by atoms with Crippen molar-refractivity contribution in [3.63, 3.8) is 0 Å². The van der Waals surface area contributed by atoms with Gasteiger partial charge in [-0.2, -0.15) is 0 Å². The van der Waals surface area contributed by atoms with Gasteiger partial charge in [-0.25, -0.2) is 0 Å². The molecule has 58 heavy (non-hydrogen) atoms. The van der Waals surface area contributed by atoms with E-state index in [-0.39, 0.29) is 0 Å². The van der Waals surface area contributed by atoms with Gasteiger partial charge in [-0.1, -0.05) is 146 Å². The number of aromatic nitrogens is 2. The maximum absolute atomic E-state index is 2.47. The summed E-state index contributed by atoms with van der Waals surface area (Å²) < 4.78 is 4.93. The van der Waals surface area contributed by atoms with E-state index >= 15 is 0 Å². The Bertz CT molecular complexity index is 3820. The standard InChI is InChI=1S/C56H34N2/c1-3-13-37-31-41(25-21-35(37)11-1)57-51-20-10-9-19-48(51)55-53(57)29-30-54-56(55)50-34-40(24-28-52(50)58(54)42-26-22-36-12-2-4-14-38(36)32-42)39-23-27-47-45-17-6-5-15-43(45)44-16-7-8-18-46(44)49(47)33-39/h1-34H. The van der Waals surface area contributed by atoms with E-state index in [1.165, 1.54) is 114 Å². The van der Waals surface area contributed by atoms with Gasteiger partial charge in [0, 0.05) is 32.9 Å². The van der Waals surface area contributed by atoms with Crippen LogP contribution in [0.4, 0.5) is 0 Å². The lowest BCUT2D eigenvalue weighted by atomic mass is 9.92. The van der Waals surface area contributed by atoms with E-state index < -0.39 is 0 Å². The third-order valence-corrected chi connectivity index (χ3v) is 12.6. The Hall–Kier alpha value is -7.68. The second-order valence-corrected chi connectivity index (χ2v) is 15.7. The molecule has 0 saturated carbocycles. The summed E-state index contributed by atoms with van der Waals surface area (Å²) in [6.45, 7) is 0. The minimum atomic E-state index is 1.16. The molecule has 13 rings (SSSR count). The van der Waals surface area contributed by atoms with Crippen molar-refractivity contribution in [2.45, 2.75) is 0 Å². The fourth-order valence-corrected chi connectivity index (χ4v) is 10.0. The topological polar surface area (TPSA) is 9.86 Å². The zero-order valence-corrected chi connectivity index (χ0v) is 31.5. The molecule has 2 heteroatoms. The van der Waals surface area contributed by atoms with Gasteiger partial charge in [0.05, 0.1) is 22.1 Å². The summed E-state index contributed by atoms with van der Waals surface area (Å²) in [4.78, 5) is 0. The largest absolute Gasteiger partial charge is 0.309 e. The lowest BCUT2D eigenvalue weighted by Crippen LogP contribution is -1.95. The monoisotopic (exact) mass is 734 g/mol. The fourth-order valence-electron chi connectivity index (χ4n) is 10.0. The first-order valence-electron chi connectivity index (χ1n) is 20.1. The van der Waals surface area contributed by atoms with Gasteiger partial charge in [-0.15, -0.1) is 0 Å². The van der Waals surface area contributed by atoms with Crippen LogP contribution < -0.4 is 0 Å². The zero-order chi connectivity index (χ0) is 37.9. The molecule has 0 radical (unpaired) electrons. The fraction of sp³-hybridized carbons (Fsp3) is 0. The quantitative estimate of drug-likeness (QED) is 0.160. The zero-order valence-electron chi connectivity index (χ0n) is 31.5. The van der Waals surface area contributed by atoms with Crippen LogP contribution in [0.2, 0.25) is 0 Å². The average Bonchev–Trinajstić information content (AvgIpc) is 3.81. The van der Waals surface area contributed by atoms with Crippen LogP contribution in [-0.2, 0) is 0 Å². The van der Waals surface area contributed by atoms with Gasteiger partial charge in [-0.3, -0.25) is 0 Å². The molecule has 0 amide bonds. The van der Waals surface area contributed by atoms with Crippen molar-refractivity contribution >= 4 is 97.5 Å². The summed E-state index contributed by atoms with van der Waals surface area (Å²) >= 11 is 0. The molecule has 2 nitrogen and oxygen atoms in total. The van der Waals surface area contributed by atoms with Crippen molar-refractivity contribution in [2.75, 3.05) is 0 Å². The Morgan fingerprint density at radius 2 is 0.621 bits per heavy atom. The van der Waals surface area contributed by atoms with Crippen LogP contribution in [0.15, 0.2) is 206 Å². The molecule has 0 fully saturated rings. The number of hydrogen-bond acceptors (Lipinski definition) is 0. The van der Waals surface area contributed by atoms with E-state index in [0.29, 0.717) is 0 Å². The summed E-state index contributed by atoms with van der Waals surface area (Å²) in [6.07, 6.45) is 0. The van der Waals surface area contributed by atoms with E-state index in [1.54, 1.807) is 0 Å². The van der Waals surface area contributed by atoms with Gasteiger partial charge in [0.15, 0.2) is 0 Å². The number of hydrogen-bond donors (Lipinski definition) is 0. The van der Waals surface area contributed by atoms with Gasteiger partial charge in [0.2, 0.25) is 0 Å². The van der Waals surface area contributed by atoms with Crippen LogP contribution in [0, 0.1) is 0 Å². The van der Waals surface area contributed by atoms with Crippen LogP contribution in [0.25, 0.3) is 120 Å². The van der Waals surface area contributed by atoms with E-state index in [0.717, 1.165) is 5.69 Å². The first kappa shape index (κ1) is 31.5. The second-order valence-electron chi connectivity index (χ2n) is 15.7. The number of benzene rings is 11. The maximum Gasteiger partial charge on any atom is 0.0548 e. The highest BCUT2D eigenvalue weighted by atomic mass is 15.0. The predicted molar refractivity (Wildman–Crippen MR) is 248 cm³/mol. The third kappa shape index (κ3) is 4.43. The van der Waals surface area contributed by atoms with E-state index in [2.05, 4.69) is 215 Å². The summed E-state index contributed by atoms with van der Waals surface area (Å²) in [5.41, 5.74) is 9.56. The van der Waals surface area contributed by atoms with Gasteiger partial charge in [0.25, 0.3) is 0 Å². The summed E-state index contributed by atoms with van der Waals surface area (Å²) in [7, 11) is 0. The van der Waals surface area contributed by atoms with Crippen LogP contribution in [0.5, 0.6) is 0 Å². The van der Waals surface area contributed by atoms with Crippen LogP contribution in [0.1, 0.15) is 0 Å². The first-order valence-corrected chi connectivity index (χ1v) is 20.1. The molecule has 0 spiro atoms. The average molecular weight is 735 g/mol. The summed E-state index contributed by atoms with van der Waals surface area (Å²) in [6, 6.07) is 76.4. The SMILES string of the molecule is c1ccc2cc(-n3c4ccccc4c4c5c6cc(-c7ccc8c9ccccc9c9ccccc9c8c7)ccc6n(-c6ccc7ccccc7c6)c5ccc43)ccc2c1. The molecule has 2 aromatic heterocycles. The minimum Gasteiger partial charge on any atom is -0.309 e. The van der Waals surface area contributed by atoms with Gasteiger partial charge in [0.1, 0.15) is 0 Å². The van der Waals surface area contributed by atoms with Gasteiger partial charge >= 0.3 is 0 Å². The highest BCUT2D eigenvalue weighted by Gasteiger charge is 2.21. The smallest absolute Gasteiger partial charge is 0.0548 e. The molecule has 0 atom stereocenters. The molecular formula is C56H34N2. The molecule has 0 aliphatic carbocycles. The number of para-hydroxylation sites is 1. The van der Waals surface area contributed by atoms with Crippen LogP contribution in [0.3, 0.4) is 0 Å². The van der Waals surface area contributed by atoms with Crippen molar-refractivity contribution in [1.82, 2.24) is 9.13 Å². The first-order chi connectivity index (χ1) is 28.8. The molecule has 0 N–H and O–H groups in total. The van der Waals surface area contributed by atoms with Crippen molar-refractivity contribution < 1.29 is 0 Å². The Morgan fingerprint density at radius 3 is 1.21 bits per heavy atom. The van der Waals surface area contributed by atoms with Crippen molar-refractivity contribution in [1.29, 1.82) is 0 Å². The van der Waals surface area contributed by atoms with Crippen LogP contribution >= 0.6 is 0 Å². The minimum absolute atomic E-state index is 1.16. The summed E-state index contributed by atoms with van der Waals surface area (Å²) in [5.74, 6) is 0. The molecule has 2 heterocycles. The lowest BCUT2D eigenvalue weighted by molar-refractivity contribution is 1.18. The lowest BCUT2D eigenvalue weighted by Gasteiger charge is -2.12. The molecule has 11 aromatic carbocycles. The molecule has 13 aromatic rings. The second kappa shape index (κ2) is 11.9. The summed E-state index contributed by atoms with van der Waals surface area (Å²) in [5, 5.41) is 17.8. The van der Waals surface area contributed by atoms with E-state index in [4.69, 9.17) is 0 Å². The Balaban J connectivity index is 1.13. The Labute approximate surface area is 334 Å². The van der Waals surface area contributed by atoms with Gasteiger partial charge in [-0.05, 0) is 126 Å². The highest BCUT2D eigenvalue weighted by molar-refractivity contribution is 6.30. The van der Waals surface area contributed by atoms with E-state index in [9.17, 15) is 0 Å². The predicted octanol–water partition coefficient (Wildman–Crippen LogP) is 15.3.